The van der Waals surface area contributed by atoms with Gasteiger partial charge in [0.1, 0.15) is 0 Å². The Kier molecular flexibility index (Phi) is 7.32. The molecule has 0 spiro atoms. The molecule has 3 heteroatoms. The van der Waals surface area contributed by atoms with Crippen molar-refractivity contribution < 1.29 is 0 Å². The van der Waals surface area contributed by atoms with Crippen LogP contribution in [-0.4, -0.2) is 41.5 Å². The van der Waals surface area contributed by atoms with Gasteiger partial charge in [0.05, 0.1) is 5.69 Å². The largest absolute Gasteiger partial charge is 0.290 e. The second kappa shape index (κ2) is 9.55. The SMILES string of the molecule is CC(=NC1CCCCC1)C1CCCC(/C(C)=N/c2ccccc2C(C)(C)C)N1C. The lowest BCUT2D eigenvalue weighted by Crippen LogP contribution is -2.50. The molecule has 3 rings (SSSR count). The predicted octanol–water partition coefficient (Wildman–Crippen LogP) is 6.72. The molecule has 2 atom stereocenters. The lowest BCUT2D eigenvalue weighted by Gasteiger charge is -2.40. The molecule has 2 unspecified atom stereocenters. The first-order valence-electron chi connectivity index (χ1n) is 11.7. The molecule has 1 aromatic rings. The summed E-state index contributed by atoms with van der Waals surface area (Å²) in [5, 5.41) is 0. The van der Waals surface area contributed by atoms with Crippen LogP contribution >= 0.6 is 0 Å². The summed E-state index contributed by atoms with van der Waals surface area (Å²) in [4.78, 5) is 12.9. The molecule has 29 heavy (non-hydrogen) atoms. The normalized spacial score (nSPS) is 26.0. The molecule has 1 aliphatic heterocycles. The Bertz CT molecular complexity index is 735. The lowest BCUT2D eigenvalue weighted by atomic mass is 9.85. The van der Waals surface area contributed by atoms with Crippen LogP contribution in [0.15, 0.2) is 34.3 Å². The highest BCUT2D eigenvalue weighted by molar-refractivity contribution is 5.92. The third-order valence-electron chi connectivity index (χ3n) is 6.87. The molecular formula is C26H41N3. The van der Waals surface area contributed by atoms with Crippen molar-refractivity contribution >= 4 is 17.1 Å². The molecule has 2 aliphatic rings. The molecule has 2 fully saturated rings. The molecule has 0 radical (unpaired) electrons. The van der Waals surface area contributed by atoms with E-state index in [4.69, 9.17) is 9.98 Å². The fourth-order valence-electron chi connectivity index (χ4n) is 5.19. The Balaban J connectivity index is 1.78. The first-order chi connectivity index (χ1) is 13.8. The van der Waals surface area contributed by atoms with Gasteiger partial charge >= 0.3 is 0 Å². The van der Waals surface area contributed by atoms with Crippen LogP contribution in [0.25, 0.3) is 0 Å². The van der Waals surface area contributed by atoms with Crippen LogP contribution in [0.3, 0.4) is 0 Å². The van der Waals surface area contributed by atoms with E-state index in [9.17, 15) is 0 Å². The summed E-state index contributed by atoms with van der Waals surface area (Å²) < 4.78 is 0. The van der Waals surface area contributed by atoms with Gasteiger partial charge in [-0.3, -0.25) is 14.9 Å². The summed E-state index contributed by atoms with van der Waals surface area (Å²) in [5.74, 6) is 0. The van der Waals surface area contributed by atoms with Crippen molar-refractivity contribution in [2.75, 3.05) is 7.05 Å². The second-order valence-corrected chi connectivity index (χ2v) is 10.2. The van der Waals surface area contributed by atoms with E-state index in [-0.39, 0.29) is 5.41 Å². The predicted molar refractivity (Wildman–Crippen MR) is 127 cm³/mol. The van der Waals surface area contributed by atoms with Crippen molar-refractivity contribution in [1.29, 1.82) is 0 Å². The first-order valence-corrected chi connectivity index (χ1v) is 11.7. The van der Waals surface area contributed by atoms with Crippen LogP contribution in [0, 0.1) is 0 Å². The summed E-state index contributed by atoms with van der Waals surface area (Å²) >= 11 is 0. The summed E-state index contributed by atoms with van der Waals surface area (Å²) in [5.41, 5.74) is 5.13. The molecule has 1 aromatic carbocycles. The van der Waals surface area contributed by atoms with Crippen molar-refractivity contribution in [2.45, 2.75) is 110 Å². The van der Waals surface area contributed by atoms with Crippen LogP contribution in [0.2, 0.25) is 0 Å². The third-order valence-corrected chi connectivity index (χ3v) is 6.87. The van der Waals surface area contributed by atoms with Gasteiger partial charge in [-0.15, -0.1) is 0 Å². The van der Waals surface area contributed by atoms with Crippen molar-refractivity contribution in [3.63, 3.8) is 0 Å². The zero-order chi connectivity index (χ0) is 21.0. The van der Waals surface area contributed by atoms with E-state index in [0.29, 0.717) is 18.1 Å². The minimum atomic E-state index is 0.102. The molecule has 160 valence electrons. The maximum absolute atomic E-state index is 5.17. The van der Waals surface area contributed by atoms with Gasteiger partial charge in [-0.05, 0) is 70.0 Å². The molecule has 1 aliphatic carbocycles. The Hall–Kier alpha value is -1.48. The standard InChI is InChI=1S/C26H41N3/c1-19(27-21-13-8-7-9-14-21)24-17-12-18-25(29(24)6)20(2)28-23-16-11-10-15-22(23)26(3,4)5/h10-11,15-16,21,24-25H,7-9,12-14,17-18H2,1-6H3/b27-19?,28-20+. The Morgan fingerprint density at radius 3 is 2.14 bits per heavy atom. The summed E-state index contributed by atoms with van der Waals surface area (Å²) in [7, 11) is 2.28. The van der Waals surface area contributed by atoms with Crippen molar-refractivity contribution in [2.24, 2.45) is 9.98 Å². The van der Waals surface area contributed by atoms with E-state index in [0.717, 1.165) is 5.69 Å². The van der Waals surface area contributed by atoms with Crippen LogP contribution in [-0.2, 0) is 5.41 Å². The highest BCUT2D eigenvalue weighted by atomic mass is 15.2. The van der Waals surface area contributed by atoms with Gasteiger partial charge in [0.2, 0.25) is 0 Å². The number of nitrogens with zero attached hydrogens (tertiary/aromatic N) is 3. The molecule has 0 amide bonds. The number of benzene rings is 1. The third kappa shape index (κ3) is 5.57. The average molecular weight is 396 g/mol. The number of hydrogen-bond donors (Lipinski definition) is 0. The number of aliphatic imine (C=N–C) groups is 2. The maximum atomic E-state index is 5.17. The summed E-state index contributed by atoms with van der Waals surface area (Å²) in [6.07, 6.45) is 10.3. The minimum absolute atomic E-state index is 0.102. The fraction of sp³-hybridized carbons (Fsp3) is 0.692. The van der Waals surface area contributed by atoms with Crippen LogP contribution < -0.4 is 0 Å². The van der Waals surface area contributed by atoms with E-state index in [2.05, 4.69) is 70.8 Å². The maximum Gasteiger partial charge on any atom is 0.0666 e. The van der Waals surface area contributed by atoms with E-state index < -0.39 is 0 Å². The van der Waals surface area contributed by atoms with Gasteiger partial charge in [0, 0.05) is 29.5 Å². The molecule has 3 nitrogen and oxygen atoms in total. The van der Waals surface area contributed by atoms with E-state index in [1.807, 2.05) is 0 Å². The molecule has 0 bridgehead atoms. The van der Waals surface area contributed by atoms with Gasteiger partial charge < -0.3 is 0 Å². The van der Waals surface area contributed by atoms with Crippen molar-refractivity contribution in [1.82, 2.24) is 4.90 Å². The van der Waals surface area contributed by atoms with E-state index in [1.165, 1.54) is 68.4 Å². The van der Waals surface area contributed by atoms with Gasteiger partial charge in [0.15, 0.2) is 0 Å². The van der Waals surface area contributed by atoms with E-state index in [1.54, 1.807) is 0 Å². The topological polar surface area (TPSA) is 28.0 Å². The number of para-hydroxylation sites is 1. The second-order valence-electron chi connectivity index (χ2n) is 10.2. The van der Waals surface area contributed by atoms with Crippen LogP contribution in [0.4, 0.5) is 5.69 Å². The zero-order valence-corrected chi connectivity index (χ0v) is 19.5. The van der Waals surface area contributed by atoms with Gasteiger partial charge in [-0.25, -0.2) is 0 Å². The number of rotatable bonds is 4. The van der Waals surface area contributed by atoms with Gasteiger partial charge in [-0.1, -0.05) is 58.2 Å². The smallest absolute Gasteiger partial charge is 0.0666 e. The number of likely N-dealkylation sites (tertiary alicyclic amines) is 1. The molecule has 0 aromatic heterocycles. The monoisotopic (exact) mass is 395 g/mol. The lowest BCUT2D eigenvalue weighted by molar-refractivity contribution is 0.196. The first kappa shape index (κ1) is 22.2. The number of piperidine rings is 1. The highest BCUT2D eigenvalue weighted by Crippen LogP contribution is 2.32. The summed E-state index contributed by atoms with van der Waals surface area (Å²) in [6.45, 7) is 11.3. The van der Waals surface area contributed by atoms with Crippen LogP contribution in [0.5, 0.6) is 0 Å². The Morgan fingerprint density at radius 2 is 1.48 bits per heavy atom. The molecule has 1 saturated carbocycles. The fourth-order valence-corrected chi connectivity index (χ4v) is 5.19. The van der Waals surface area contributed by atoms with Crippen molar-refractivity contribution in [3.8, 4) is 0 Å². The minimum Gasteiger partial charge on any atom is -0.290 e. The summed E-state index contributed by atoms with van der Waals surface area (Å²) in [6, 6.07) is 10.0. The molecular weight excluding hydrogens is 354 g/mol. The zero-order valence-electron chi connectivity index (χ0n) is 19.5. The van der Waals surface area contributed by atoms with Crippen molar-refractivity contribution in [3.05, 3.63) is 29.8 Å². The van der Waals surface area contributed by atoms with Gasteiger partial charge in [-0.2, -0.15) is 0 Å². The Morgan fingerprint density at radius 1 is 0.862 bits per heavy atom. The van der Waals surface area contributed by atoms with Crippen LogP contribution in [0.1, 0.15) is 91.5 Å². The molecule has 1 heterocycles. The quantitative estimate of drug-likeness (QED) is 0.520. The Labute approximate surface area is 178 Å². The van der Waals surface area contributed by atoms with E-state index >= 15 is 0 Å². The van der Waals surface area contributed by atoms with Gasteiger partial charge in [0.25, 0.3) is 0 Å². The highest BCUT2D eigenvalue weighted by Gasteiger charge is 2.31. The average Bonchev–Trinajstić information content (AvgIpc) is 2.68. The molecule has 0 N–H and O–H groups in total. The molecule has 1 saturated heterocycles. The number of hydrogen-bond acceptors (Lipinski definition) is 3.